The van der Waals surface area contributed by atoms with E-state index in [4.69, 9.17) is 5.11 Å². The van der Waals surface area contributed by atoms with E-state index in [1.165, 1.54) is 0 Å². The van der Waals surface area contributed by atoms with Gasteiger partial charge in [0.25, 0.3) is 0 Å². The number of hydrogen-bond acceptors (Lipinski definition) is 4. The lowest BCUT2D eigenvalue weighted by Crippen LogP contribution is -2.45. The van der Waals surface area contributed by atoms with Crippen molar-refractivity contribution >= 4 is 21.7 Å². The van der Waals surface area contributed by atoms with Gasteiger partial charge in [0.1, 0.15) is 15.9 Å². The molecule has 1 saturated carbocycles. The SMILES string of the molecule is CC[C@H](C)[C@H](NC(=O)CC1(CS(C)(=O)=O)CC1)C(=O)O. The van der Waals surface area contributed by atoms with Crippen LogP contribution in [0, 0.1) is 11.3 Å². The molecular weight excluding hydrogens is 282 g/mol. The number of rotatable bonds is 8. The molecule has 0 unspecified atom stereocenters. The van der Waals surface area contributed by atoms with Crippen molar-refractivity contribution in [3.63, 3.8) is 0 Å². The second kappa shape index (κ2) is 6.11. The highest BCUT2D eigenvalue weighted by Crippen LogP contribution is 2.49. The van der Waals surface area contributed by atoms with Crippen molar-refractivity contribution in [1.82, 2.24) is 5.32 Å². The van der Waals surface area contributed by atoms with E-state index in [9.17, 15) is 18.0 Å². The van der Waals surface area contributed by atoms with Gasteiger partial charge in [0.05, 0.1) is 5.75 Å². The van der Waals surface area contributed by atoms with Gasteiger partial charge < -0.3 is 10.4 Å². The molecule has 6 nitrogen and oxygen atoms in total. The molecule has 2 atom stereocenters. The summed E-state index contributed by atoms with van der Waals surface area (Å²) in [6.45, 7) is 3.63. The molecule has 1 aliphatic rings. The Balaban J connectivity index is 2.61. The van der Waals surface area contributed by atoms with Crippen LogP contribution in [0.15, 0.2) is 0 Å². The molecular formula is C13H23NO5S. The Labute approximate surface area is 119 Å². The van der Waals surface area contributed by atoms with Crippen LogP contribution in [-0.4, -0.2) is 43.5 Å². The van der Waals surface area contributed by atoms with E-state index in [1.54, 1.807) is 6.92 Å². The van der Waals surface area contributed by atoms with Gasteiger partial charge in [-0.3, -0.25) is 4.79 Å². The normalized spacial score (nSPS) is 19.9. The first-order valence-electron chi connectivity index (χ1n) is 6.78. The van der Waals surface area contributed by atoms with Gasteiger partial charge >= 0.3 is 5.97 Å². The second-order valence-corrected chi connectivity index (χ2v) is 8.16. The largest absolute Gasteiger partial charge is 0.480 e. The predicted octanol–water partition coefficient (Wildman–Crippen LogP) is 0.817. The summed E-state index contributed by atoms with van der Waals surface area (Å²) in [6, 6.07) is -0.915. The molecule has 0 saturated heterocycles. The van der Waals surface area contributed by atoms with Crippen molar-refractivity contribution < 1.29 is 23.1 Å². The highest BCUT2D eigenvalue weighted by molar-refractivity contribution is 7.90. The van der Waals surface area contributed by atoms with Crippen molar-refractivity contribution in [3.05, 3.63) is 0 Å². The van der Waals surface area contributed by atoms with Gasteiger partial charge in [-0.15, -0.1) is 0 Å². The molecule has 1 aliphatic carbocycles. The quantitative estimate of drug-likeness (QED) is 0.691. The average molecular weight is 305 g/mol. The minimum atomic E-state index is -3.13. The summed E-state index contributed by atoms with van der Waals surface area (Å²) in [5.41, 5.74) is -0.476. The first-order chi connectivity index (χ1) is 9.08. The van der Waals surface area contributed by atoms with E-state index >= 15 is 0 Å². The average Bonchev–Trinajstić information content (AvgIpc) is 3.01. The van der Waals surface area contributed by atoms with Crippen LogP contribution in [0.25, 0.3) is 0 Å². The first kappa shape index (κ1) is 16.9. The van der Waals surface area contributed by atoms with Gasteiger partial charge in [-0.1, -0.05) is 20.3 Å². The van der Waals surface area contributed by atoms with Gasteiger partial charge in [0.15, 0.2) is 0 Å². The maximum absolute atomic E-state index is 12.0. The summed E-state index contributed by atoms with van der Waals surface area (Å²) < 4.78 is 22.7. The van der Waals surface area contributed by atoms with Crippen LogP contribution in [0.3, 0.4) is 0 Å². The van der Waals surface area contributed by atoms with Gasteiger partial charge in [0, 0.05) is 12.7 Å². The van der Waals surface area contributed by atoms with Gasteiger partial charge in [-0.2, -0.15) is 0 Å². The molecule has 0 aromatic rings. The van der Waals surface area contributed by atoms with E-state index in [2.05, 4.69) is 5.32 Å². The van der Waals surface area contributed by atoms with Crippen molar-refractivity contribution in [2.24, 2.45) is 11.3 Å². The third-order valence-electron chi connectivity index (χ3n) is 3.86. The molecule has 116 valence electrons. The lowest BCUT2D eigenvalue weighted by atomic mass is 9.98. The maximum atomic E-state index is 12.0. The fourth-order valence-electron chi connectivity index (χ4n) is 2.35. The van der Waals surface area contributed by atoms with Gasteiger partial charge in [0.2, 0.25) is 5.91 Å². The fraction of sp³-hybridized carbons (Fsp3) is 0.846. The minimum Gasteiger partial charge on any atom is -0.480 e. The molecule has 0 bridgehead atoms. The zero-order chi connectivity index (χ0) is 15.6. The molecule has 1 amide bonds. The zero-order valence-electron chi connectivity index (χ0n) is 12.2. The first-order valence-corrected chi connectivity index (χ1v) is 8.84. The Morgan fingerprint density at radius 2 is 1.90 bits per heavy atom. The highest BCUT2D eigenvalue weighted by Gasteiger charge is 2.47. The standard InChI is InChI=1S/C13H23NO5S/c1-4-9(2)11(12(16)17)14-10(15)7-13(5-6-13)8-20(3,18)19/h9,11H,4-8H2,1-3H3,(H,14,15)(H,16,17)/t9-,11-/m0/s1. The molecule has 0 radical (unpaired) electrons. The molecule has 0 aromatic carbocycles. The third-order valence-corrected chi connectivity index (χ3v) is 4.99. The molecule has 7 heteroatoms. The molecule has 2 N–H and O–H groups in total. The number of aliphatic carboxylic acids is 1. The molecule has 0 aromatic heterocycles. The monoisotopic (exact) mass is 305 g/mol. The molecule has 1 rings (SSSR count). The van der Waals surface area contributed by atoms with E-state index in [-0.39, 0.29) is 24.0 Å². The van der Waals surface area contributed by atoms with Crippen LogP contribution in [0.5, 0.6) is 0 Å². The Bertz CT molecular complexity index is 481. The van der Waals surface area contributed by atoms with Crippen LogP contribution >= 0.6 is 0 Å². The number of hydrogen-bond donors (Lipinski definition) is 2. The fourth-order valence-corrected chi connectivity index (χ4v) is 3.86. The number of carboxylic acid groups (broad SMARTS) is 1. The van der Waals surface area contributed by atoms with Crippen molar-refractivity contribution in [2.75, 3.05) is 12.0 Å². The smallest absolute Gasteiger partial charge is 0.326 e. The van der Waals surface area contributed by atoms with Crippen LogP contribution in [0.2, 0.25) is 0 Å². The third kappa shape index (κ3) is 5.11. The number of sulfone groups is 1. The summed E-state index contributed by atoms with van der Waals surface area (Å²) in [7, 11) is -3.13. The lowest BCUT2D eigenvalue weighted by molar-refractivity contribution is -0.143. The molecule has 20 heavy (non-hydrogen) atoms. The number of carboxylic acids is 1. The summed E-state index contributed by atoms with van der Waals surface area (Å²) in [4.78, 5) is 23.1. The van der Waals surface area contributed by atoms with Crippen LogP contribution in [-0.2, 0) is 19.4 Å². The molecule has 0 aliphatic heterocycles. The summed E-state index contributed by atoms with van der Waals surface area (Å²) in [5.74, 6) is -1.60. The summed E-state index contributed by atoms with van der Waals surface area (Å²) in [5, 5.41) is 11.6. The molecule has 0 heterocycles. The summed E-state index contributed by atoms with van der Waals surface area (Å²) >= 11 is 0. The van der Waals surface area contributed by atoms with E-state index in [0.717, 1.165) is 6.26 Å². The number of carbonyl (C=O) groups is 2. The van der Waals surface area contributed by atoms with Crippen molar-refractivity contribution in [2.45, 2.75) is 45.6 Å². The Hall–Kier alpha value is -1.11. The Kier molecular flexibility index (Phi) is 5.18. The second-order valence-electron chi connectivity index (χ2n) is 6.02. The predicted molar refractivity (Wildman–Crippen MR) is 75.0 cm³/mol. The van der Waals surface area contributed by atoms with Gasteiger partial charge in [-0.05, 0) is 24.2 Å². The Morgan fingerprint density at radius 1 is 1.35 bits per heavy atom. The van der Waals surface area contributed by atoms with Crippen molar-refractivity contribution in [3.8, 4) is 0 Å². The number of nitrogens with one attached hydrogen (secondary N) is 1. The number of carbonyl (C=O) groups excluding carboxylic acids is 1. The van der Waals surface area contributed by atoms with E-state index < -0.39 is 27.3 Å². The highest BCUT2D eigenvalue weighted by atomic mass is 32.2. The topological polar surface area (TPSA) is 101 Å². The van der Waals surface area contributed by atoms with E-state index in [1.807, 2.05) is 6.92 Å². The zero-order valence-corrected chi connectivity index (χ0v) is 13.0. The number of amides is 1. The van der Waals surface area contributed by atoms with Crippen LogP contribution in [0.4, 0.5) is 0 Å². The molecule has 0 spiro atoms. The van der Waals surface area contributed by atoms with Gasteiger partial charge in [-0.25, -0.2) is 13.2 Å². The van der Waals surface area contributed by atoms with Crippen LogP contribution in [0.1, 0.15) is 39.5 Å². The maximum Gasteiger partial charge on any atom is 0.326 e. The summed E-state index contributed by atoms with van der Waals surface area (Å²) in [6.07, 6.45) is 3.29. The Morgan fingerprint density at radius 3 is 2.25 bits per heavy atom. The van der Waals surface area contributed by atoms with E-state index in [0.29, 0.717) is 19.3 Å². The molecule has 1 fully saturated rings. The van der Waals surface area contributed by atoms with Crippen molar-refractivity contribution in [1.29, 1.82) is 0 Å². The minimum absolute atomic E-state index is 0.00547. The lowest BCUT2D eigenvalue weighted by Gasteiger charge is -2.21. The van der Waals surface area contributed by atoms with Crippen LogP contribution < -0.4 is 5.32 Å².